The normalized spacial score (nSPS) is 19.7. The summed E-state index contributed by atoms with van der Waals surface area (Å²) in [4.78, 5) is 0. The summed E-state index contributed by atoms with van der Waals surface area (Å²) in [6.07, 6.45) is 2.06. The van der Waals surface area contributed by atoms with Crippen molar-refractivity contribution in [2.75, 3.05) is 13.6 Å². The molecule has 1 heterocycles. The molecule has 1 aliphatic heterocycles. The molecule has 1 fully saturated rings. The largest absolute Gasteiger partial charge is 0.491 e. The van der Waals surface area contributed by atoms with Crippen LogP contribution in [0.1, 0.15) is 44.4 Å². The minimum atomic E-state index is -0.391. The van der Waals surface area contributed by atoms with Crippen LogP contribution < -0.4 is 5.32 Å². The molecule has 1 aromatic carbocycles. The van der Waals surface area contributed by atoms with Crippen LogP contribution in [0.25, 0.3) is 6.08 Å². The van der Waals surface area contributed by atoms with Gasteiger partial charge in [0.15, 0.2) is 0 Å². The second kappa shape index (κ2) is 6.49. The number of nitrogens with zero attached hydrogens (tertiary/aromatic N) is 1. The van der Waals surface area contributed by atoms with E-state index < -0.39 is 7.12 Å². The number of rotatable bonds is 4. The van der Waals surface area contributed by atoms with Gasteiger partial charge in [0.1, 0.15) is 0 Å². The number of nitrogens with one attached hydrogen (secondary N) is 1. The third-order valence-corrected chi connectivity index (χ3v) is 4.77. The van der Waals surface area contributed by atoms with E-state index in [1.165, 1.54) is 0 Å². The third-order valence-electron chi connectivity index (χ3n) is 4.77. The van der Waals surface area contributed by atoms with Crippen LogP contribution in [0, 0.1) is 18.3 Å². The molecule has 1 saturated heterocycles. The Hall–Kier alpha value is -1.61. The predicted octanol–water partition coefficient (Wildman–Crippen LogP) is 3.10. The zero-order valence-corrected chi connectivity index (χ0v) is 14.9. The van der Waals surface area contributed by atoms with Gasteiger partial charge in [-0.05, 0) is 64.3 Å². The summed E-state index contributed by atoms with van der Waals surface area (Å²) in [5.41, 5.74) is 2.96. The number of hydrogen-bond acceptors (Lipinski definition) is 4. The Morgan fingerprint density at radius 3 is 2.39 bits per heavy atom. The molecule has 4 nitrogen and oxygen atoms in total. The van der Waals surface area contributed by atoms with Crippen molar-refractivity contribution in [2.45, 2.75) is 45.8 Å². The Kier molecular flexibility index (Phi) is 5.00. The van der Waals surface area contributed by atoms with Crippen LogP contribution in [0.5, 0.6) is 0 Å². The first-order chi connectivity index (χ1) is 10.7. The highest BCUT2D eigenvalue weighted by atomic mass is 16.7. The maximum Gasteiger partial charge on any atom is 0.491 e. The summed E-state index contributed by atoms with van der Waals surface area (Å²) >= 11 is 0. The van der Waals surface area contributed by atoms with Gasteiger partial charge in [-0.15, -0.1) is 0 Å². The van der Waals surface area contributed by atoms with E-state index in [-0.39, 0.29) is 11.2 Å². The summed E-state index contributed by atoms with van der Waals surface area (Å²) in [6.45, 7) is 10.8. The average Bonchev–Trinajstić information content (AvgIpc) is 2.69. The molecule has 0 spiro atoms. The molecule has 0 saturated carbocycles. The smallest absolute Gasteiger partial charge is 0.400 e. The lowest BCUT2D eigenvalue weighted by Gasteiger charge is -2.32. The van der Waals surface area contributed by atoms with E-state index in [1.54, 1.807) is 0 Å². The fourth-order valence-corrected chi connectivity index (χ4v) is 2.53. The Balaban J connectivity index is 2.39. The fourth-order valence-electron chi connectivity index (χ4n) is 2.53. The van der Waals surface area contributed by atoms with Gasteiger partial charge >= 0.3 is 7.12 Å². The van der Waals surface area contributed by atoms with Crippen molar-refractivity contribution in [3.8, 4) is 6.07 Å². The van der Waals surface area contributed by atoms with Gasteiger partial charge in [0.2, 0.25) is 0 Å². The lowest BCUT2D eigenvalue weighted by atomic mass is 9.76. The monoisotopic (exact) mass is 312 g/mol. The average molecular weight is 312 g/mol. The zero-order valence-electron chi connectivity index (χ0n) is 14.9. The lowest BCUT2D eigenvalue weighted by molar-refractivity contribution is 0.00578. The molecule has 1 aromatic rings. The van der Waals surface area contributed by atoms with Gasteiger partial charge in [0.05, 0.1) is 22.8 Å². The highest BCUT2D eigenvalue weighted by Crippen LogP contribution is 2.38. The van der Waals surface area contributed by atoms with E-state index in [0.29, 0.717) is 12.1 Å². The van der Waals surface area contributed by atoms with E-state index in [0.717, 1.165) is 16.6 Å². The van der Waals surface area contributed by atoms with Crippen molar-refractivity contribution in [1.82, 2.24) is 5.32 Å². The van der Waals surface area contributed by atoms with Gasteiger partial charge in [-0.25, -0.2) is 0 Å². The fraction of sp³-hybridized carbons (Fsp3) is 0.500. The van der Waals surface area contributed by atoms with Crippen molar-refractivity contribution in [1.29, 1.82) is 5.26 Å². The van der Waals surface area contributed by atoms with Crippen LogP contribution in [0.4, 0.5) is 0 Å². The molecule has 0 aliphatic carbocycles. The molecular weight excluding hydrogens is 287 g/mol. The Morgan fingerprint density at radius 1 is 1.26 bits per heavy atom. The first-order valence-electron chi connectivity index (χ1n) is 7.92. The number of nitriles is 1. The number of benzene rings is 1. The maximum atomic E-state index is 9.20. The van der Waals surface area contributed by atoms with Crippen molar-refractivity contribution in [3.05, 3.63) is 40.4 Å². The first-order valence-corrected chi connectivity index (χ1v) is 7.92. The topological polar surface area (TPSA) is 54.3 Å². The van der Waals surface area contributed by atoms with Crippen molar-refractivity contribution in [3.63, 3.8) is 0 Å². The lowest BCUT2D eigenvalue weighted by Crippen LogP contribution is -2.41. The first kappa shape index (κ1) is 17.7. The van der Waals surface area contributed by atoms with Crippen LogP contribution in [0.2, 0.25) is 0 Å². The molecule has 122 valence electrons. The number of hydrogen-bond donors (Lipinski definition) is 1. The molecule has 0 aromatic heterocycles. The van der Waals surface area contributed by atoms with E-state index in [2.05, 4.69) is 17.5 Å². The molecule has 0 amide bonds. The second-order valence-electron chi connectivity index (χ2n) is 6.97. The molecule has 0 unspecified atom stereocenters. The van der Waals surface area contributed by atoms with Gasteiger partial charge in [-0.1, -0.05) is 18.2 Å². The summed E-state index contributed by atoms with van der Waals surface area (Å²) in [5.74, 6) is 0. The summed E-state index contributed by atoms with van der Waals surface area (Å²) < 4.78 is 12.3. The SMILES string of the molecule is CNCC(=Cc1cccc(C#N)c1C)B1OC(C)(C)C(C)(C)O1. The highest BCUT2D eigenvalue weighted by Gasteiger charge is 2.52. The third kappa shape index (κ3) is 3.50. The minimum Gasteiger partial charge on any atom is -0.400 e. The van der Waals surface area contributed by atoms with Gasteiger partial charge in [0.25, 0.3) is 0 Å². The van der Waals surface area contributed by atoms with Gasteiger partial charge < -0.3 is 14.6 Å². The summed E-state index contributed by atoms with van der Waals surface area (Å²) in [6, 6.07) is 7.97. The quantitative estimate of drug-likeness (QED) is 0.868. The predicted molar refractivity (Wildman–Crippen MR) is 93.9 cm³/mol. The zero-order chi connectivity index (χ0) is 17.3. The van der Waals surface area contributed by atoms with E-state index in [1.807, 2.05) is 59.9 Å². The second-order valence-corrected chi connectivity index (χ2v) is 6.97. The van der Waals surface area contributed by atoms with Crippen LogP contribution in [0.3, 0.4) is 0 Å². The minimum absolute atomic E-state index is 0.367. The molecule has 0 atom stereocenters. The van der Waals surface area contributed by atoms with Crippen molar-refractivity contribution < 1.29 is 9.31 Å². The van der Waals surface area contributed by atoms with Crippen LogP contribution in [-0.4, -0.2) is 31.9 Å². The standard InChI is InChI=1S/C18H25BN2O2/c1-13-14(8-7-9-15(13)11-20)10-16(12-21-6)19-22-17(2,3)18(4,5)23-19/h7-10,21H,12H2,1-6H3. The van der Waals surface area contributed by atoms with Gasteiger partial charge in [-0.3, -0.25) is 0 Å². The van der Waals surface area contributed by atoms with Gasteiger partial charge in [-0.2, -0.15) is 5.26 Å². The van der Waals surface area contributed by atoms with Crippen molar-refractivity contribution in [2.24, 2.45) is 0 Å². The summed E-state index contributed by atoms with van der Waals surface area (Å²) in [5, 5.41) is 12.4. The van der Waals surface area contributed by atoms with Crippen LogP contribution in [-0.2, 0) is 9.31 Å². The van der Waals surface area contributed by atoms with E-state index >= 15 is 0 Å². The molecule has 2 rings (SSSR count). The van der Waals surface area contributed by atoms with Crippen LogP contribution in [0.15, 0.2) is 23.7 Å². The van der Waals surface area contributed by atoms with E-state index in [9.17, 15) is 5.26 Å². The Labute approximate surface area is 139 Å². The molecule has 0 radical (unpaired) electrons. The maximum absolute atomic E-state index is 9.20. The molecule has 0 bridgehead atoms. The van der Waals surface area contributed by atoms with Crippen molar-refractivity contribution >= 4 is 13.2 Å². The molecule has 1 N–H and O–H groups in total. The van der Waals surface area contributed by atoms with Gasteiger partial charge in [0, 0.05) is 6.54 Å². The summed E-state index contributed by atoms with van der Waals surface area (Å²) in [7, 11) is 1.51. The Bertz CT molecular complexity index is 643. The highest BCUT2D eigenvalue weighted by molar-refractivity contribution is 6.55. The van der Waals surface area contributed by atoms with Crippen LogP contribution >= 0.6 is 0 Å². The van der Waals surface area contributed by atoms with E-state index in [4.69, 9.17) is 9.31 Å². The number of likely N-dealkylation sites (N-methyl/N-ethyl adjacent to an activating group) is 1. The molecule has 23 heavy (non-hydrogen) atoms. The molecule has 5 heteroatoms. The molecular formula is C18H25BN2O2. The Morgan fingerprint density at radius 2 is 1.87 bits per heavy atom. The molecule has 1 aliphatic rings.